The van der Waals surface area contributed by atoms with Crippen molar-refractivity contribution in [2.45, 2.75) is 16.7 Å². The van der Waals surface area contributed by atoms with Crippen LogP contribution in [0.2, 0.25) is 0 Å². The van der Waals surface area contributed by atoms with Gasteiger partial charge in [-0.2, -0.15) is 0 Å². The SMILES string of the molecule is Cc1cc(S(=O)(=O)c2ccccc2)cnc1-c1ccccc1. The average Bonchev–Trinajstić information content (AvgIpc) is 2.56. The highest BCUT2D eigenvalue weighted by atomic mass is 32.2. The molecule has 4 heteroatoms. The standard InChI is InChI=1S/C18H15NO2S/c1-14-12-17(22(20,21)16-10-6-3-7-11-16)13-19-18(14)15-8-4-2-5-9-15/h2-13H,1H3. The summed E-state index contributed by atoms with van der Waals surface area (Å²) in [5.74, 6) is 0. The molecular weight excluding hydrogens is 294 g/mol. The lowest BCUT2D eigenvalue weighted by atomic mass is 10.1. The number of hydrogen-bond acceptors (Lipinski definition) is 3. The van der Waals surface area contributed by atoms with E-state index in [1.54, 1.807) is 36.4 Å². The summed E-state index contributed by atoms with van der Waals surface area (Å²) in [7, 11) is -3.52. The van der Waals surface area contributed by atoms with Gasteiger partial charge in [0, 0.05) is 11.8 Å². The van der Waals surface area contributed by atoms with Crippen molar-refractivity contribution < 1.29 is 8.42 Å². The molecule has 0 aliphatic carbocycles. The quantitative estimate of drug-likeness (QED) is 0.737. The highest BCUT2D eigenvalue weighted by molar-refractivity contribution is 7.91. The van der Waals surface area contributed by atoms with Crippen LogP contribution in [-0.4, -0.2) is 13.4 Å². The number of benzene rings is 2. The van der Waals surface area contributed by atoms with Crippen LogP contribution in [0.25, 0.3) is 11.3 Å². The Bertz CT molecular complexity index is 889. The maximum Gasteiger partial charge on any atom is 0.208 e. The number of aryl methyl sites for hydroxylation is 1. The predicted molar refractivity (Wildman–Crippen MR) is 86.3 cm³/mol. The number of hydrogen-bond donors (Lipinski definition) is 0. The maximum atomic E-state index is 12.6. The normalized spacial score (nSPS) is 11.3. The summed E-state index contributed by atoms with van der Waals surface area (Å²) in [5.41, 5.74) is 2.61. The molecule has 1 heterocycles. The summed E-state index contributed by atoms with van der Waals surface area (Å²) < 4.78 is 25.2. The molecule has 0 radical (unpaired) electrons. The molecule has 3 aromatic rings. The van der Waals surface area contributed by atoms with Crippen molar-refractivity contribution in [2.75, 3.05) is 0 Å². The monoisotopic (exact) mass is 309 g/mol. The first-order valence-corrected chi connectivity index (χ1v) is 8.39. The average molecular weight is 309 g/mol. The Morgan fingerprint density at radius 1 is 0.818 bits per heavy atom. The van der Waals surface area contributed by atoms with Gasteiger partial charge in [-0.1, -0.05) is 48.5 Å². The summed E-state index contributed by atoms with van der Waals surface area (Å²) in [6, 6.07) is 19.8. The largest absolute Gasteiger partial charge is 0.255 e. The van der Waals surface area contributed by atoms with E-state index in [1.165, 1.54) is 6.20 Å². The lowest BCUT2D eigenvalue weighted by molar-refractivity contribution is 0.595. The van der Waals surface area contributed by atoms with Gasteiger partial charge in [-0.05, 0) is 30.7 Å². The van der Waals surface area contributed by atoms with Gasteiger partial charge in [-0.15, -0.1) is 0 Å². The van der Waals surface area contributed by atoms with Gasteiger partial charge >= 0.3 is 0 Å². The first-order chi connectivity index (χ1) is 10.6. The molecule has 0 spiro atoms. The second-order valence-corrected chi connectivity index (χ2v) is 6.97. The van der Waals surface area contributed by atoms with Gasteiger partial charge in [0.05, 0.1) is 15.5 Å². The first-order valence-electron chi connectivity index (χ1n) is 6.91. The van der Waals surface area contributed by atoms with Gasteiger partial charge in [0.25, 0.3) is 0 Å². The molecular formula is C18H15NO2S. The zero-order chi connectivity index (χ0) is 15.6. The third kappa shape index (κ3) is 2.65. The minimum Gasteiger partial charge on any atom is -0.255 e. The van der Waals surface area contributed by atoms with Crippen LogP contribution in [0.5, 0.6) is 0 Å². The van der Waals surface area contributed by atoms with Crippen LogP contribution >= 0.6 is 0 Å². The minimum absolute atomic E-state index is 0.218. The van der Waals surface area contributed by atoms with Crippen molar-refractivity contribution in [1.82, 2.24) is 4.98 Å². The molecule has 110 valence electrons. The summed E-state index contributed by atoms with van der Waals surface area (Å²) in [5, 5.41) is 0. The van der Waals surface area contributed by atoms with Crippen molar-refractivity contribution in [2.24, 2.45) is 0 Å². The lowest BCUT2D eigenvalue weighted by Crippen LogP contribution is -2.03. The first kappa shape index (κ1) is 14.5. The summed E-state index contributed by atoms with van der Waals surface area (Å²) >= 11 is 0. The van der Waals surface area contributed by atoms with E-state index < -0.39 is 9.84 Å². The molecule has 2 aromatic carbocycles. The zero-order valence-electron chi connectivity index (χ0n) is 12.1. The van der Waals surface area contributed by atoms with Crippen LogP contribution in [0, 0.1) is 6.92 Å². The molecule has 0 fully saturated rings. The van der Waals surface area contributed by atoms with Gasteiger partial charge in [0.15, 0.2) is 0 Å². The molecule has 0 unspecified atom stereocenters. The highest BCUT2D eigenvalue weighted by Crippen LogP contribution is 2.26. The Morgan fingerprint density at radius 3 is 2.00 bits per heavy atom. The second-order valence-electron chi connectivity index (χ2n) is 5.02. The number of rotatable bonds is 3. The molecule has 0 amide bonds. The van der Waals surface area contributed by atoms with Crippen LogP contribution in [0.1, 0.15) is 5.56 Å². The van der Waals surface area contributed by atoms with E-state index in [2.05, 4.69) is 4.98 Å². The molecule has 0 atom stereocenters. The van der Waals surface area contributed by atoms with E-state index in [-0.39, 0.29) is 9.79 Å². The third-order valence-corrected chi connectivity index (χ3v) is 5.20. The smallest absolute Gasteiger partial charge is 0.208 e. The fraction of sp³-hybridized carbons (Fsp3) is 0.0556. The van der Waals surface area contributed by atoms with Crippen LogP contribution in [0.4, 0.5) is 0 Å². The zero-order valence-corrected chi connectivity index (χ0v) is 12.9. The fourth-order valence-electron chi connectivity index (χ4n) is 2.33. The van der Waals surface area contributed by atoms with Crippen LogP contribution in [0.15, 0.2) is 82.7 Å². The van der Waals surface area contributed by atoms with Gasteiger partial charge in [-0.3, -0.25) is 4.98 Å². The number of nitrogens with zero attached hydrogens (tertiary/aromatic N) is 1. The second kappa shape index (κ2) is 5.73. The van der Waals surface area contributed by atoms with Crippen LogP contribution in [0.3, 0.4) is 0 Å². The Hall–Kier alpha value is -2.46. The summed E-state index contributed by atoms with van der Waals surface area (Å²) in [6.07, 6.45) is 1.43. The Morgan fingerprint density at radius 2 is 1.41 bits per heavy atom. The number of sulfone groups is 1. The van der Waals surface area contributed by atoms with Crippen molar-refractivity contribution in [3.05, 3.63) is 78.5 Å². The molecule has 3 rings (SSSR count). The fourth-order valence-corrected chi connectivity index (χ4v) is 3.64. The van der Waals surface area contributed by atoms with Crippen LogP contribution < -0.4 is 0 Å². The third-order valence-electron chi connectivity index (χ3n) is 3.46. The number of aromatic nitrogens is 1. The van der Waals surface area contributed by atoms with E-state index in [9.17, 15) is 8.42 Å². The van der Waals surface area contributed by atoms with E-state index >= 15 is 0 Å². The van der Waals surface area contributed by atoms with Crippen LogP contribution in [-0.2, 0) is 9.84 Å². The lowest BCUT2D eigenvalue weighted by Gasteiger charge is -2.09. The molecule has 1 aromatic heterocycles. The molecule has 0 aliphatic rings. The van der Waals surface area contributed by atoms with Crippen molar-refractivity contribution in [3.63, 3.8) is 0 Å². The van der Waals surface area contributed by atoms with Crippen molar-refractivity contribution >= 4 is 9.84 Å². The summed E-state index contributed by atoms with van der Waals surface area (Å²) in [6.45, 7) is 1.87. The van der Waals surface area contributed by atoms with Gasteiger partial charge in [0.2, 0.25) is 9.84 Å². The number of pyridine rings is 1. The molecule has 22 heavy (non-hydrogen) atoms. The van der Waals surface area contributed by atoms with E-state index in [4.69, 9.17) is 0 Å². The molecule has 0 aliphatic heterocycles. The highest BCUT2D eigenvalue weighted by Gasteiger charge is 2.18. The van der Waals surface area contributed by atoms with E-state index in [0.717, 1.165) is 16.8 Å². The van der Waals surface area contributed by atoms with Gasteiger partial charge in [-0.25, -0.2) is 8.42 Å². The molecule has 0 bridgehead atoms. The van der Waals surface area contributed by atoms with Gasteiger partial charge in [0.1, 0.15) is 0 Å². The summed E-state index contributed by atoms with van der Waals surface area (Å²) in [4.78, 5) is 4.86. The molecule has 0 saturated carbocycles. The Balaban J connectivity index is 2.07. The van der Waals surface area contributed by atoms with E-state index in [1.807, 2.05) is 37.3 Å². The molecule has 3 nitrogen and oxygen atoms in total. The Labute approximate surface area is 130 Å². The van der Waals surface area contributed by atoms with E-state index in [0.29, 0.717) is 0 Å². The maximum absolute atomic E-state index is 12.6. The Kier molecular flexibility index (Phi) is 3.77. The van der Waals surface area contributed by atoms with Crippen molar-refractivity contribution in [1.29, 1.82) is 0 Å². The molecule has 0 saturated heterocycles. The molecule has 0 N–H and O–H groups in total. The van der Waals surface area contributed by atoms with Crippen molar-refractivity contribution in [3.8, 4) is 11.3 Å². The topological polar surface area (TPSA) is 47.0 Å². The predicted octanol–water partition coefficient (Wildman–Crippen LogP) is 3.89. The van der Waals surface area contributed by atoms with Gasteiger partial charge < -0.3 is 0 Å². The minimum atomic E-state index is -3.52.